The van der Waals surface area contributed by atoms with E-state index in [2.05, 4.69) is 10.0 Å². The fourth-order valence-electron chi connectivity index (χ4n) is 3.45. The molecule has 0 aliphatic heterocycles. The van der Waals surface area contributed by atoms with Gasteiger partial charge in [-0.3, -0.25) is 4.79 Å². The molecule has 0 saturated heterocycles. The number of amides is 1. The van der Waals surface area contributed by atoms with Gasteiger partial charge in [0.1, 0.15) is 6.04 Å². The number of benzene rings is 1. The quantitative estimate of drug-likeness (QED) is 0.617. The van der Waals surface area contributed by atoms with Crippen LogP contribution in [-0.4, -0.2) is 38.9 Å². The van der Waals surface area contributed by atoms with Crippen LogP contribution >= 0.6 is 11.8 Å². The Bertz CT molecular complexity index is 684. The lowest BCUT2D eigenvalue weighted by Gasteiger charge is -2.22. The van der Waals surface area contributed by atoms with E-state index in [0.29, 0.717) is 18.9 Å². The minimum absolute atomic E-state index is 0.192. The Morgan fingerprint density at radius 2 is 1.85 bits per heavy atom. The van der Waals surface area contributed by atoms with E-state index in [1.165, 1.54) is 32.1 Å². The molecule has 0 heterocycles. The van der Waals surface area contributed by atoms with E-state index >= 15 is 0 Å². The van der Waals surface area contributed by atoms with Gasteiger partial charge in [0.2, 0.25) is 15.9 Å². The Kier molecular flexibility index (Phi) is 9.12. The number of aryl methyl sites for hydroxylation is 1. The number of sulfonamides is 1. The van der Waals surface area contributed by atoms with E-state index in [-0.39, 0.29) is 10.8 Å². The summed E-state index contributed by atoms with van der Waals surface area (Å²) in [6, 6.07) is 5.93. The van der Waals surface area contributed by atoms with Gasteiger partial charge < -0.3 is 5.32 Å². The van der Waals surface area contributed by atoms with Crippen molar-refractivity contribution in [1.29, 1.82) is 0 Å². The van der Waals surface area contributed by atoms with Crippen LogP contribution in [0.25, 0.3) is 0 Å². The number of carbonyl (C=O) groups is 1. The molecule has 1 aliphatic carbocycles. The molecule has 0 aromatic heterocycles. The minimum atomic E-state index is -3.72. The van der Waals surface area contributed by atoms with Crippen molar-refractivity contribution in [2.45, 2.75) is 62.8 Å². The van der Waals surface area contributed by atoms with Crippen LogP contribution in [0.2, 0.25) is 0 Å². The first-order valence-corrected chi connectivity index (χ1v) is 12.7. The third-order valence-corrected chi connectivity index (χ3v) is 7.26. The van der Waals surface area contributed by atoms with Crippen LogP contribution in [-0.2, 0) is 14.8 Å². The molecule has 1 atom stereocenters. The largest absolute Gasteiger partial charge is 0.355 e. The Morgan fingerprint density at radius 3 is 2.48 bits per heavy atom. The molecule has 1 aliphatic rings. The molecule has 1 aromatic carbocycles. The predicted octanol–water partition coefficient (Wildman–Crippen LogP) is 3.48. The number of nitrogens with one attached hydrogen (secondary N) is 2. The summed E-state index contributed by atoms with van der Waals surface area (Å²) in [7, 11) is -3.72. The zero-order valence-electron chi connectivity index (χ0n) is 16.4. The van der Waals surface area contributed by atoms with Crippen LogP contribution in [0.3, 0.4) is 0 Å². The first kappa shape index (κ1) is 22.2. The molecule has 2 rings (SSSR count). The van der Waals surface area contributed by atoms with Crippen LogP contribution in [0, 0.1) is 12.8 Å². The summed E-state index contributed by atoms with van der Waals surface area (Å²) in [5, 5.41) is 2.95. The van der Waals surface area contributed by atoms with E-state index in [4.69, 9.17) is 0 Å². The second-order valence-electron chi connectivity index (χ2n) is 7.35. The Balaban J connectivity index is 1.93. The first-order valence-electron chi connectivity index (χ1n) is 9.78. The number of thioether (sulfide) groups is 1. The molecule has 0 spiro atoms. The van der Waals surface area contributed by atoms with E-state index in [1.807, 2.05) is 13.2 Å². The fraction of sp³-hybridized carbons (Fsp3) is 0.650. The van der Waals surface area contributed by atoms with Gasteiger partial charge in [0.15, 0.2) is 0 Å². The van der Waals surface area contributed by atoms with Gasteiger partial charge in [0.05, 0.1) is 4.90 Å². The normalized spacial score (nSPS) is 16.8. The maximum absolute atomic E-state index is 12.6. The summed E-state index contributed by atoms with van der Waals surface area (Å²) in [4.78, 5) is 12.8. The molecule has 1 saturated carbocycles. The predicted molar refractivity (Wildman–Crippen MR) is 112 cm³/mol. The van der Waals surface area contributed by atoms with Crippen molar-refractivity contribution >= 4 is 27.7 Å². The van der Waals surface area contributed by atoms with Gasteiger partial charge in [-0.1, -0.05) is 49.8 Å². The highest BCUT2D eigenvalue weighted by molar-refractivity contribution is 7.98. The van der Waals surface area contributed by atoms with Crippen molar-refractivity contribution < 1.29 is 13.2 Å². The topological polar surface area (TPSA) is 75.3 Å². The van der Waals surface area contributed by atoms with Gasteiger partial charge in [0, 0.05) is 6.54 Å². The number of rotatable bonds is 10. The molecular weight excluding hydrogens is 380 g/mol. The zero-order valence-corrected chi connectivity index (χ0v) is 18.0. The van der Waals surface area contributed by atoms with E-state index < -0.39 is 16.1 Å². The van der Waals surface area contributed by atoms with Crippen molar-refractivity contribution in [3.05, 3.63) is 29.8 Å². The molecule has 2 N–H and O–H groups in total. The molecule has 152 valence electrons. The molecule has 7 heteroatoms. The highest BCUT2D eigenvalue weighted by Gasteiger charge is 2.25. The molecule has 0 radical (unpaired) electrons. The van der Waals surface area contributed by atoms with Crippen LogP contribution in [0.4, 0.5) is 0 Å². The maximum atomic E-state index is 12.6. The molecule has 1 unspecified atom stereocenters. The summed E-state index contributed by atoms with van der Waals surface area (Å²) >= 11 is 1.60. The number of carbonyl (C=O) groups excluding carboxylic acids is 1. The Morgan fingerprint density at radius 1 is 1.19 bits per heavy atom. The van der Waals surface area contributed by atoms with E-state index in [0.717, 1.165) is 17.7 Å². The highest BCUT2D eigenvalue weighted by Crippen LogP contribution is 2.25. The van der Waals surface area contributed by atoms with Crippen molar-refractivity contribution in [2.24, 2.45) is 5.92 Å². The molecular formula is C20H32N2O3S2. The van der Waals surface area contributed by atoms with Crippen LogP contribution in [0.1, 0.15) is 50.5 Å². The second kappa shape index (κ2) is 11.1. The van der Waals surface area contributed by atoms with Crippen molar-refractivity contribution in [1.82, 2.24) is 10.0 Å². The molecule has 5 nitrogen and oxygen atoms in total. The molecule has 1 aromatic rings. The summed E-state index contributed by atoms with van der Waals surface area (Å²) < 4.78 is 27.9. The third kappa shape index (κ3) is 7.47. The van der Waals surface area contributed by atoms with Crippen molar-refractivity contribution in [2.75, 3.05) is 18.6 Å². The van der Waals surface area contributed by atoms with Crippen LogP contribution in [0.15, 0.2) is 29.2 Å². The summed E-state index contributed by atoms with van der Waals surface area (Å²) in [5.74, 6) is 1.18. The van der Waals surface area contributed by atoms with E-state index in [9.17, 15) is 13.2 Å². The van der Waals surface area contributed by atoms with Crippen molar-refractivity contribution in [3.63, 3.8) is 0 Å². The third-order valence-electron chi connectivity index (χ3n) is 5.13. The van der Waals surface area contributed by atoms with Gasteiger partial charge >= 0.3 is 0 Å². The summed E-state index contributed by atoms with van der Waals surface area (Å²) in [5.41, 5.74) is 0.994. The smallest absolute Gasteiger partial charge is 0.241 e. The van der Waals surface area contributed by atoms with Gasteiger partial charge in [-0.15, -0.1) is 0 Å². The van der Waals surface area contributed by atoms with Gasteiger partial charge in [-0.2, -0.15) is 16.5 Å². The van der Waals surface area contributed by atoms with Crippen molar-refractivity contribution in [3.8, 4) is 0 Å². The van der Waals surface area contributed by atoms with E-state index in [1.54, 1.807) is 36.0 Å². The Labute approximate surface area is 168 Å². The fourth-order valence-corrected chi connectivity index (χ4v) is 5.15. The van der Waals surface area contributed by atoms with Gasteiger partial charge in [0.25, 0.3) is 0 Å². The lowest BCUT2D eigenvalue weighted by atomic mass is 9.87. The highest BCUT2D eigenvalue weighted by atomic mass is 32.2. The zero-order chi connectivity index (χ0) is 19.7. The summed E-state index contributed by atoms with van der Waals surface area (Å²) in [6.45, 7) is 2.52. The van der Waals surface area contributed by atoms with Gasteiger partial charge in [-0.25, -0.2) is 8.42 Å². The standard InChI is InChI=1S/C20H32N2O3S2/c1-16-8-10-18(11-9-16)27(24,25)22-19(13-15-26-2)20(23)21-14-12-17-6-4-3-5-7-17/h8-11,17,19,22H,3-7,12-15H2,1-2H3,(H,21,23). The minimum Gasteiger partial charge on any atom is -0.355 e. The average molecular weight is 413 g/mol. The summed E-state index contributed by atoms with van der Waals surface area (Å²) in [6.07, 6.45) is 9.77. The first-order chi connectivity index (χ1) is 12.9. The molecule has 27 heavy (non-hydrogen) atoms. The number of hydrogen-bond donors (Lipinski definition) is 2. The molecule has 1 amide bonds. The Hall–Kier alpha value is -1.05. The average Bonchev–Trinajstić information content (AvgIpc) is 2.66. The van der Waals surface area contributed by atoms with Crippen LogP contribution in [0.5, 0.6) is 0 Å². The number of hydrogen-bond acceptors (Lipinski definition) is 4. The van der Waals surface area contributed by atoms with Crippen LogP contribution < -0.4 is 10.0 Å². The maximum Gasteiger partial charge on any atom is 0.241 e. The SMILES string of the molecule is CSCCC(NS(=O)(=O)c1ccc(C)cc1)C(=O)NCCC1CCCCC1. The second-order valence-corrected chi connectivity index (χ2v) is 10.1. The lowest BCUT2D eigenvalue weighted by Crippen LogP contribution is -2.47. The monoisotopic (exact) mass is 412 g/mol. The van der Waals surface area contributed by atoms with Gasteiger partial charge in [-0.05, 0) is 49.8 Å². The molecule has 0 bridgehead atoms. The molecule has 1 fully saturated rings. The lowest BCUT2D eigenvalue weighted by molar-refractivity contribution is -0.122.